The van der Waals surface area contributed by atoms with E-state index >= 15 is 0 Å². The number of rotatable bonds is 18. The molecule has 0 unspecified atom stereocenters. The number of phenols is 1. The molecule has 0 aliphatic rings. The second-order valence-electron chi connectivity index (χ2n) is 9.15. The molecule has 0 saturated carbocycles. The Kier molecular flexibility index (Phi) is 13.6. The molecule has 0 radical (unpaired) electrons. The summed E-state index contributed by atoms with van der Waals surface area (Å²) < 4.78 is 5.46. The van der Waals surface area contributed by atoms with E-state index in [4.69, 9.17) is 4.74 Å². The highest BCUT2D eigenvalue weighted by Crippen LogP contribution is 2.25. The van der Waals surface area contributed by atoms with Gasteiger partial charge < -0.3 is 9.84 Å². The van der Waals surface area contributed by atoms with Gasteiger partial charge in [0, 0.05) is 0 Å². The van der Waals surface area contributed by atoms with Crippen LogP contribution in [-0.4, -0.2) is 17.7 Å². The molecule has 1 N–H and O–H groups in total. The number of phenolic OH excluding ortho intramolecular Hbond substituents is 1. The Hall–Kier alpha value is -2.03. The Morgan fingerprint density at radius 2 is 1.22 bits per heavy atom. The number of unbranched alkanes of at least 4 members (excludes halogenated alkanes) is 15. The van der Waals surface area contributed by atoms with Crippen LogP contribution in [0.15, 0.2) is 36.4 Å². The van der Waals surface area contributed by atoms with Gasteiger partial charge in [0.05, 0.1) is 12.2 Å². The molecule has 0 fully saturated rings. The maximum atomic E-state index is 12.4. The van der Waals surface area contributed by atoms with Crippen molar-refractivity contribution in [1.82, 2.24) is 0 Å². The fourth-order valence-corrected chi connectivity index (χ4v) is 4.36. The van der Waals surface area contributed by atoms with Gasteiger partial charge in [-0.1, -0.05) is 128 Å². The van der Waals surface area contributed by atoms with Gasteiger partial charge in [-0.3, -0.25) is 0 Å². The van der Waals surface area contributed by atoms with Crippen LogP contribution in [0.1, 0.15) is 120 Å². The van der Waals surface area contributed by atoms with Crippen LogP contribution in [0, 0.1) is 0 Å². The first-order chi connectivity index (χ1) is 15.7. The average molecular weight is 441 g/mol. The summed E-state index contributed by atoms with van der Waals surface area (Å²) in [5, 5.41) is 11.5. The maximum Gasteiger partial charge on any atom is 0.338 e. The van der Waals surface area contributed by atoms with Gasteiger partial charge in [-0.2, -0.15) is 0 Å². The van der Waals surface area contributed by atoms with Crippen molar-refractivity contribution in [3.05, 3.63) is 42.0 Å². The summed E-state index contributed by atoms with van der Waals surface area (Å²) in [5.41, 5.74) is 0.442. The molecule has 0 amide bonds. The first-order valence-corrected chi connectivity index (χ1v) is 13.1. The van der Waals surface area contributed by atoms with Gasteiger partial charge in [-0.25, -0.2) is 4.79 Å². The van der Waals surface area contributed by atoms with Crippen LogP contribution < -0.4 is 0 Å². The van der Waals surface area contributed by atoms with Gasteiger partial charge in [0.25, 0.3) is 0 Å². The van der Waals surface area contributed by atoms with Crippen LogP contribution in [0.5, 0.6) is 5.75 Å². The minimum absolute atomic E-state index is 0.0954. The van der Waals surface area contributed by atoms with Crippen LogP contribution in [-0.2, 0) is 4.74 Å². The SMILES string of the molecule is CCCCCCCCCCCCCCCCCCOC(=O)c1cc(O)cc2ccccc12. The normalized spacial score (nSPS) is 11.2. The summed E-state index contributed by atoms with van der Waals surface area (Å²) in [4.78, 5) is 12.4. The third-order valence-corrected chi connectivity index (χ3v) is 6.30. The maximum absolute atomic E-state index is 12.4. The predicted molar refractivity (Wildman–Crippen MR) is 135 cm³/mol. The molecule has 0 aromatic heterocycles. The number of ether oxygens (including phenoxy) is 1. The summed E-state index contributed by atoms with van der Waals surface area (Å²) in [5.74, 6) is -0.254. The Labute approximate surface area is 195 Å². The molecule has 3 nitrogen and oxygen atoms in total. The second-order valence-corrected chi connectivity index (χ2v) is 9.15. The molecule has 0 aliphatic heterocycles. The molecule has 0 bridgehead atoms. The quantitative estimate of drug-likeness (QED) is 0.186. The van der Waals surface area contributed by atoms with Crippen molar-refractivity contribution >= 4 is 16.7 Å². The zero-order chi connectivity index (χ0) is 22.9. The highest BCUT2D eigenvalue weighted by atomic mass is 16.5. The van der Waals surface area contributed by atoms with Gasteiger partial charge >= 0.3 is 5.97 Å². The van der Waals surface area contributed by atoms with Crippen molar-refractivity contribution in [2.45, 2.75) is 110 Å². The minimum atomic E-state index is -0.349. The summed E-state index contributed by atoms with van der Waals surface area (Å²) in [6, 6.07) is 10.7. The zero-order valence-electron chi connectivity index (χ0n) is 20.2. The van der Waals surface area contributed by atoms with Crippen molar-refractivity contribution in [1.29, 1.82) is 0 Å². The Morgan fingerprint density at radius 1 is 0.719 bits per heavy atom. The van der Waals surface area contributed by atoms with E-state index in [0.29, 0.717) is 12.2 Å². The van der Waals surface area contributed by atoms with E-state index < -0.39 is 0 Å². The second kappa shape index (κ2) is 16.6. The first kappa shape index (κ1) is 26.2. The van der Waals surface area contributed by atoms with Gasteiger partial charge in [0.1, 0.15) is 5.75 Å². The molecule has 2 aromatic rings. The van der Waals surface area contributed by atoms with Gasteiger partial charge in [-0.15, -0.1) is 0 Å². The van der Waals surface area contributed by atoms with Gasteiger partial charge in [0.15, 0.2) is 0 Å². The number of benzene rings is 2. The van der Waals surface area contributed by atoms with Crippen molar-refractivity contribution < 1.29 is 14.6 Å². The minimum Gasteiger partial charge on any atom is -0.508 e. The highest BCUT2D eigenvalue weighted by molar-refractivity contribution is 6.05. The van der Waals surface area contributed by atoms with Gasteiger partial charge in [0.2, 0.25) is 0 Å². The van der Waals surface area contributed by atoms with Crippen LogP contribution in [0.3, 0.4) is 0 Å². The van der Waals surface area contributed by atoms with Gasteiger partial charge in [-0.05, 0) is 29.3 Å². The molecule has 3 heteroatoms. The number of fused-ring (bicyclic) bond motifs is 1. The lowest BCUT2D eigenvalue weighted by Gasteiger charge is -2.08. The van der Waals surface area contributed by atoms with Crippen molar-refractivity contribution in [3.63, 3.8) is 0 Å². The van der Waals surface area contributed by atoms with E-state index in [2.05, 4.69) is 6.92 Å². The van der Waals surface area contributed by atoms with Crippen molar-refractivity contribution in [3.8, 4) is 5.75 Å². The zero-order valence-corrected chi connectivity index (χ0v) is 20.2. The number of esters is 1. The predicted octanol–water partition coefficient (Wildman–Crippen LogP) is 8.96. The fourth-order valence-electron chi connectivity index (χ4n) is 4.36. The number of hydrogen-bond acceptors (Lipinski definition) is 3. The van der Waals surface area contributed by atoms with Crippen LogP contribution >= 0.6 is 0 Å². The van der Waals surface area contributed by atoms with Crippen LogP contribution in [0.4, 0.5) is 0 Å². The molecule has 0 atom stereocenters. The van der Waals surface area contributed by atoms with E-state index in [0.717, 1.165) is 23.6 Å². The number of carbonyl (C=O) groups excluding carboxylic acids is 1. The van der Waals surface area contributed by atoms with Crippen LogP contribution in [0.25, 0.3) is 10.8 Å². The summed E-state index contributed by atoms with van der Waals surface area (Å²) in [6.45, 7) is 2.72. The monoisotopic (exact) mass is 440 g/mol. The topological polar surface area (TPSA) is 46.5 Å². The van der Waals surface area contributed by atoms with Crippen molar-refractivity contribution in [2.75, 3.05) is 6.61 Å². The molecule has 0 spiro atoms. The summed E-state index contributed by atoms with van der Waals surface area (Å²) in [7, 11) is 0. The molecular formula is C29H44O3. The molecule has 0 aliphatic carbocycles. The third-order valence-electron chi connectivity index (χ3n) is 6.30. The average Bonchev–Trinajstić information content (AvgIpc) is 2.80. The number of carbonyl (C=O) groups is 1. The molecule has 2 aromatic carbocycles. The standard InChI is InChI=1S/C29H44O3/c1-2-3-4-5-6-7-8-9-10-11-12-13-14-15-16-19-22-32-29(31)28-24-26(30)23-25-20-17-18-21-27(25)28/h17-18,20-21,23-24,30H,2-16,19,22H2,1H3. The van der Waals surface area contributed by atoms with Crippen LogP contribution in [0.2, 0.25) is 0 Å². The molecule has 178 valence electrons. The molecular weight excluding hydrogens is 396 g/mol. The number of aromatic hydroxyl groups is 1. The lowest BCUT2D eigenvalue weighted by atomic mass is 10.0. The molecule has 2 rings (SSSR count). The van der Waals surface area contributed by atoms with E-state index in [1.165, 1.54) is 96.0 Å². The largest absolute Gasteiger partial charge is 0.508 e. The summed E-state index contributed by atoms with van der Waals surface area (Å²) in [6.07, 6.45) is 21.2. The summed E-state index contributed by atoms with van der Waals surface area (Å²) >= 11 is 0. The van der Waals surface area contributed by atoms with E-state index in [1.54, 1.807) is 6.07 Å². The Morgan fingerprint density at radius 3 is 1.78 bits per heavy atom. The van der Waals surface area contributed by atoms with E-state index in [1.807, 2.05) is 24.3 Å². The lowest BCUT2D eigenvalue weighted by molar-refractivity contribution is 0.0499. The lowest BCUT2D eigenvalue weighted by Crippen LogP contribution is -2.07. The number of hydrogen-bond donors (Lipinski definition) is 1. The first-order valence-electron chi connectivity index (χ1n) is 13.1. The van der Waals surface area contributed by atoms with E-state index in [-0.39, 0.29) is 11.7 Å². The molecule has 0 saturated heterocycles. The Balaban J connectivity index is 1.43. The third kappa shape index (κ3) is 10.5. The van der Waals surface area contributed by atoms with E-state index in [9.17, 15) is 9.90 Å². The molecule has 0 heterocycles. The molecule has 32 heavy (non-hydrogen) atoms. The smallest absolute Gasteiger partial charge is 0.338 e. The Bertz CT molecular complexity index is 768. The fraction of sp³-hybridized carbons (Fsp3) is 0.621. The van der Waals surface area contributed by atoms with Crippen molar-refractivity contribution in [2.24, 2.45) is 0 Å². The highest BCUT2D eigenvalue weighted by Gasteiger charge is 2.13.